The first-order valence-corrected chi connectivity index (χ1v) is 10.4. The number of halogens is 3. The van der Waals surface area contributed by atoms with Crippen molar-refractivity contribution in [1.29, 1.82) is 0 Å². The van der Waals surface area contributed by atoms with E-state index in [0.717, 1.165) is 11.4 Å². The highest BCUT2D eigenvalue weighted by atomic mass is 35.5. The van der Waals surface area contributed by atoms with E-state index in [1.54, 1.807) is 6.07 Å². The van der Waals surface area contributed by atoms with Gasteiger partial charge < -0.3 is 9.47 Å². The molecule has 2 atom stereocenters. The number of methoxy groups -OCH3 is 1. The summed E-state index contributed by atoms with van der Waals surface area (Å²) in [5.41, 5.74) is 0. The van der Waals surface area contributed by atoms with E-state index >= 15 is 0 Å². The number of para-hydroxylation sites is 1. The lowest BCUT2D eigenvalue weighted by Crippen LogP contribution is -2.41. The van der Waals surface area contributed by atoms with Crippen molar-refractivity contribution in [3.05, 3.63) is 58.3 Å². The third kappa shape index (κ3) is 3.96. The molecule has 0 aliphatic carbocycles. The van der Waals surface area contributed by atoms with Gasteiger partial charge in [0.25, 0.3) is 0 Å². The van der Waals surface area contributed by atoms with Crippen molar-refractivity contribution in [1.82, 2.24) is 4.31 Å². The number of hydrogen-bond donors (Lipinski definition) is 0. The molecule has 10 heteroatoms. The van der Waals surface area contributed by atoms with Crippen molar-refractivity contribution in [3.63, 3.8) is 0 Å². The SMILES string of the molecule is COC(=O)[C@@H]1C[C@@H](Oc2ccccc2F)CN1S(=O)(=O)c1c(Cl)cccc1Cl. The number of rotatable bonds is 5. The second-order valence-corrected chi connectivity index (χ2v) is 8.71. The van der Waals surface area contributed by atoms with Gasteiger partial charge in [0.05, 0.1) is 23.7 Å². The molecule has 0 spiro atoms. The van der Waals surface area contributed by atoms with Crippen LogP contribution in [0.25, 0.3) is 0 Å². The monoisotopic (exact) mass is 447 g/mol. The van der Waals surface area contributed by atoms with Crippen molar-refractivity contribution < 1.29 is 27.1 Å². The van der Waals surface area contributed by atoms with Gasteiger partial charge in [-0.25, -0.2) is 12.8 Å². The summed E-state index contributed by atoms with van der Waals surface area (Å²) < 4.78 is 51.5. The van der Waals surface area contributed by atoms with Gasteiger partial charge in [0.15, 0.2) is 11.6 Å². The largest absolute Gasteiger partial charge is 0.486 e. The Kier molecular flexibility index (Phi) is 6.14. The van der Waals surface area contributed by atoms with Crippen molar-refractivity contribution in [3.8, 4) is 5.75 Å². The maximum atomic E-state index is 13.9. The van der Waals surface area contributed by atoms with Crippen LogP contribution in [0.1, 0.15) is 6.42 Å². The highest BCUT2D eigenvalue weighted by Crippen LogP contribution is 2.36. The fourth-order valence-electron chi connectivity index (χ4n) is 3.04. The third-order valence-electron chi connectivity index (χ3n) is 4.31. The number of hydrogen-bond acceptors (Lipinski definition) is 5. The Labute approximate surface area is 171 Å². The van der Waals surface area contributed by atoms with Crippen LogP contribution < -0.4 is 4.74 Å². The van der Waals surface area contributed by atoms with Gasteiger partial charge in [0.2, 0.25) is 10.0 Å². The molecule has 3 rings (SSSR count). The minimum absolute atomic E-state index is 0.0116. The maximum Gasteiger partial charge on any atom is 0.324 e. The van der Waals surface area contributed by atoms with Gasteiger partial charge in [-0.1, -0.05) is 41.4 Å². The first-order valence-electron chi connectivity index (χ1n) is 8.20. The summed E-state index contributed by atoms with van der Waals surface area (Å²) in [6.45, 7) is -0.196. The summed E-state index contributed by atoms with van der Waals surface area (Å²) in [6, 6.07) is 8.86. The molecule has 0 bridgehead atoms. The van der Waals surface area contributed by atoms with Crippen LogP contribution in [-0.2, 0) is 19.6 Å². The number of esters is 1. The van der Waals surface area contributed by atoms with Crippen LogP contribution in [0.15, 0.2) is 47.4 Å². The Morgan fingerprint density at radius 1 is 1.14 bits per heavy atom. The van der Waals surface area contributed by atoms with Gasteiger partial charge in [0, 0.05) is 6.42 Å². The molecule has 0 radical (unpaired) electrons. The van der Waals surface area contributed by atoms with Crippen LogP contribution in [0.2, 0.25) is 10.0 Å². The highest BCUT2D eigenvalue weighted by Gasteiger charge is 2.46. The lowest BCUT2D eigenvalue weighted by Gasteiger charge is -2.22. The Morgan fingerprint density at radius 3 is 2.39 bits per heavy atom. The van der Waals surface area contributed by atoms with Gasteiger partial charge in [-0.05, 0) is 24.3 Å². The molecule has 6 nitrogen and oxygen atoms in total. The Hall–Kier alpha value is -1.87. The summed E-state index contributed by atoms with van der Waals surface area (Å²) in [4.78, 5) is 11.9. The smallest absolute Gasteiger partial charge is 0.324 e. The molecular formula is C18H16Cl2FNO5S. The minimum Gasteiger partial charge on any atom is -0.486 e. The topological polar surface area (TPSA) is 72.9 Å². The molecule has 0 aromatic heterocycles. The van der Waals surface area contributed by atoms with Gasteiger partial charge >= 0.3 is 5.97 Å². The number of ether oxygens (including phenoxy) is 2. The first kappa shape index (κ1) is 20.9. The van der Waals surface area contributed by atoms with E-state index < -0.39 is 34.0 Å². The summed E-state index contributed by atoms with van der Waals surface area (Å²) in [6.07, 6.45) is -0.778. The molecule has 0 unspecified atom stereocenters. The molecule has 1 aliphatic rings. The number of nitrogens with zero attached hydrogens (tertiary/aromatic N) is 1. The molecule has 1 heterocycles. The predicted molar refractivity (Wildman–Crippen MR) is 102 cm³/mol. The fraction of sp³-hybridized carbons (Fsp3) is 0.278. The molecule has 28 heavy (non-hydrogen) atoms. The van der Waals surface area contributed by atoms with Crippen molar-refractivity contribution in [2.24, 2.45) is 0 Å². The van der Waals surface area contributed by atoms with Gasteiger partial charge in [-0.3, -0.25) is 4.79 Å². The maximum absolute atomic E-state index is 13.9. The zero-order valence-corrected chi connectivity index (χ0v) is 17.0. The quantitative estimate of drug-likeness (QED) is 0.655. The van der Waals surface area contributed by atoms with E-state index in [1.165, 1.54) is 36.4 Å². The Bertz CT molecular complexity index is 981. The molecule has 0 N–H and O–H groups in total. The van der Waals surface area contributed by atoms with Crippen molar-refractivity contribution in [2.45, 2.75) is 23.5 Å². The van der Waals surface area contributed by atoms with E-state index in [1.807, 2.05) is 0 Å². The molecule has 0 saturated carbocycles. The lowest BCUT2D eigenvalue weighted by atomic mass is 10.2. The Morgan fingerprint density at radius 2 is 1.79 bits per heavy atom. The van der Waals surface area contributed by atoms with Crippen LogP contribution in [-0.4, -0.2) is 44.5 Å². The standard InChI is InChI=1S/C18H16Cl2FNO5S/c1-26-18(23)15-9-11(27-16-8-3-2-7-14(16)21)10-22(15)28(24,25)17-12(19)5-4-6-13(17)20/h2-8,11,15H,9-10H2,1H3/t11-,15+/m1/s1. The van der Waals surface area contributed by atoms with E-state index in [9.17, 15) is 17.6 Å². The fourth-order valence-corrected chi connectivity index (χ4v) is 5.75. The zero-order valence-electron chi connectivity index (χ0n) is 14.6. The molecule has 1 fully saturated rings. The van der Waals surface area contributed by atoms with E-state index in [4.69, 9.17) is 32.7 Å². The van der Waals surface area contributed by atoms with E-state index in [-0.39, 0.29) is 33.7 Å². The third-order valence-corrected chi connectivity index (χ3v) is 7.14. The summed E-state index contributed by atoms with van der Waals surface area (Å²) in [7, 11) is -3.09. The normalized spacial score (nSPS) is 20.1. The van der Waals surface area contributed by atoms with Crippen LogP contribution in [0, 0.1) is 5.82 Å². The lowest BCUT2D eigenvalue weighted by molar-refractivity contribution is -0.144. The highest BCUT2D eigenvalue weighted by molar-refractivity contribution is 7.89. The average Bonchev–Trinajstić information content (AvgIpc) is 3.07. The molecule has 0 amide bonds. The number of carbonyl (C=O) groups is 1. The second-order valence-electron chi connectivity index (χ2n) is 6.07. The second kappa shape index (κ2) is 8.24. The molecule has 1 aliphatic heterocycles. The average molecular weight is 448 g/mol. The van der Waals surface area contributed by atoms with Gasteiger partial charge in [0.1, 0.15) is 17.0 Å². The molecule has 2 aromatic carbocycles. The van der Waals surface area contributed by atoms with E-state index in [2.05, 4.69) is 0 Å². The summed E-state index contributed by atoms with van der Waals surface area (Å²) in [5, 5.41) is -0.149. The first-order chi connectivity index (χ1) is 13.3. The summed E-state index contributed by atoms with van der Waals surface area (Å²) >= 11 is 12.1. The number of sulfonamides is 1. The van der Waals surface area contributed by atoms with Crippen LogP contribution >= 0.6 is 23.2 Å². The molecular weight excluding hydrogens is 432 g/mol. The number of benzene rings is 2. The van der Waals surface area contributed by atoms with Gasteiger partial charge in [-0.2, -0.15) is 4.31 Å². The van der Waals surface area contributed by atoms with Gasteiger partial charge in [-0.15, -0.1) is 0 Å². The molecule has 1 saturated heterocycles. The zero-order chi connectivity index (χ0) is 20.5. The van der Waals surface area contributed by atoms with Crippen LogP contribution in [0.3, 0.4) is 0 Å². The summed E-state index contributed by atoms with van der Waals surface area (Å²) in [5.74, 6) is -1.38. The Balaban J connectivity index is 1.96. The van der Waals surface area contributed by atoms with Crippen LogP contribution in [0.4, 0.5) is 4.39 Å². The number of carbonyl (C=O) groups excluding carboxylic acids is 1. The van der Waals surface area contributed by atoms with E-state index in [0.29, 0.717) is 0 Å². The van der Waals surface area contributed by atoms with Crippen LogP contribution in [0.5, 0.6) is 5.75 Å². The van der Waals surface area contributed by atoms with Crippen molar-refractivity contribution in [2.75, 3.05) is 13.7 Å². The molecule has 2 aromatic rings. The van der Waals surface area contributed by atoms with Crippen molar-refractivity contribution >= 4 is 39.2 Å². The molecule has 150 valence electrons. The predicted octanol–water partition coefficient (Wildman–Crippen LogP) is 3.52. The minimum atomic E-state index is -4.24.